The Morgan fingerprint density at radius 2 is 1.83 bits per heavy atom. The summed E-state index contributed by atoms with van der Waals surface area (Å²) < 4.78 is 11.6. The molecule has 30 heavy (non-hydrogen) atoms. The highest BCUT2D eigenvalue weighted by Gasteiger charge is 2.07. The zero-order valence-electron chi connectivity index (χ0n) is 16.9. The summed E-state index contributed by atoms with van der Waals surface area (Å²) in [7, 11) is 0. The second kappa shape index (κ2) is 10.5. The molecule has 0 aliphatic rings. The molecule has 3 aromatic carbocycles. The van der Waals surface area contributed by atoms with Crippen LogP contribution in [0.15, 0.2) is 71.8 Å². The topological polar surface area (TPSA) is 59.9 Å². The maximum Gasteiger partial charge on any atom is 0.271 e. The summed E-state index contributed by atoms with van der Waals surface area (Å²) in [5.41, 5.74) is 5.90. The minimum atomic E-state index is -0.261. The Morgan fingerprint density at radius 1 is 1.03 bits per heavy atom. The Labute approximate surface area is 181 Å². The summed E-state index contributed by atoms with van der Waals surface area (Å²) in [4.78, 5) is 12.2. The highest BCUT2D eigenvalue weighted by atomic mass is 35.5. The molecule has 0 saturated heterocycles. The molecule has 154 valence electrons. The van der Waals surface area contributed by atoms with Crippen LogP contribution in [0.2, 0.25) is 5.02 Å². The monoisotopic (exact) mass is 422 g/mol. The van der Waals surface area contributed by atoms with Gasteiger partial charge in [-0.1, -0.05) is 41.4 Å². The first-order valence-electron chi connectivity index (χ1n) is 9.59. The highest BCUT2D eigenvalue weighted by molar-refractivity contribution is 6.30. The fourth-order valence-corrected chi connectivity index (χ4v) is 2.88. The molecule has 0 atom stereocenters. The summed E-state index contributed by atoms with van der Waals surface area (Å²) in [6, 6.07) is 20.3. The number of hydrogen-bond acceptors (Lipinski definition) is 4. The van der Waals surface area contributed by atoms with Crippen molar-refractivity contribution in [2.75, 3.05) is 6.61 Å². The first-order valence-corrected chi connectivity index (χ1v) is 9.97. The molecule has 6 heteroatoms. The van der Waals surface area contributed by atoms with Crippen molar-refractivity contribution in [2.45, 2.75) is 20.5 Å². The summed E-state index contributed by atoms with van der Waals surface area (Å²) in [6.45, 7) is 4.75. The van der Waals surface area contributed by atoms with Crippen molar-refractivity contribution in [2.24, 2.45) is 5.10 Å². The molecule has 0 aromatic heterocycles. The van der Waals surface area contributed by atoms with Gasteiger partial charge in [0.1, 0.15) is 6.61 Å². The van der Waals surface area contributed by atoms with Gasteiger partial charge in [0, 0.05) is 10.6 Å². The Kier molecular flexibility index (Phi) is 7.46. The van der Waals surface area contributed by atoms with Crippen molar-refractivity contribution in [3.63, 3.8) is 0 Å². The molecule has 1 N–H and O–H groups in total. The first kappa shape index (κ1) is 21.4. The lowest BCUT2D eigenvalue weighted by Crippen LogP contribution is -2.17. The number of benzene rings is 3. The standard InChI is InChI=1S/C24H23ClN2O3/c1-3-29-23-14-19(15-26-27-24(28)20-6-4-5-17(2)13-20)9-12-22(23)30-16-18-7-10-21(25)11-8-18/h4-15H,3,16H2,1-2H3,(H,27,28). The maximum absolute atomic E-state index is 12.2. The summed E-state index contributed by atoms with van der Waals surface area (Å²) in [6.07, 6.45) is 1.57. The van der Waals surface area contributed by atoms with Crippen LogP contribution >= 0.6 is 11.6 Å². The zero-order valence-corrected chi connectivity index (χ0v) is 17.6. The van der Waals surface area contributed by atoms with Gasteiger partial charge in [-0.05, 0) is 67.4 Å². The minimum absolute atomic E-state index is 0.261. The van der Waals surface area contributed by atoms with E-state index in [0.717, 1.165) is 16.7 Å². The zero-order chi connectivity index (χ0) is 21.3. The molecule has 0 aliphatic carbocycles. The first-order chi connectivity index (χ1) is 14.5. The number of carbonyl (C=O) groups excluding carboxylic acids is 1. The van der Waals surface area contributed by atoms with Gasteiger partial charge in [0.15, 0.2) is 11.5 Å². The lowest BCUT2D eigenvalue weighted by Gasteiger charge is -2.12. The molecule has 3 rings (SSSR count). The van der Waals surface area contributed by atoms with E-state index in [-0.39, 0.29) is 5.91 Å². The molecule has 0 bridgehead atoms. The summed E-state index contributed by atoms with van der Waals surface area (Å²) in [5, 5.41) is 4.73. The highest BCUT2D eigenvalue weighted by Crippen LogP contribution is 2.29. The van der Waals surface area contributed by atoms with Gasteiger partial charge in [-0.25, -0.2) is 5.43 Å². The third-order valence-corrected chi connectivity index (χ3v) is 4.49. The van der Waals surface area contributed by atoms with Gasteiger partial charge in [0.05, 0.1) is 12.8 Å². The minimum Gasteiger partial charge on any atom is -0.490 e. The summed E-state index contributed by atoms with van der Waals surface area (Å²) in [5.74, 6) is 0.982. The maximum atomic E-state index is 12.2. The Morgan fingerprint density at radius 3 is 2.57 bits per heavy atom. The average molecular weight is 423 g/mol. The van der Waals surface area contributed by atoms with Gasteiger partial charge < -0.3 is 9.47 Å². The average Bonchev–Trinajstić information content (AvgIpc) is 2.74. The van der Waals surface area contributed by atoms with Crippen LogP contribution in [-0.4, -0.2) is 18.7 Å². The Hall–Kier alpha value is -3.31. The van der Waals surface area contributed by atoms with Crippen LogP contribution in [-0.2, 0) is 6.61 Å². The largest absolute Gasteiger partial charge is 0.490 e. The normalized spacial score (nSPS) is 10.8. The summed E-state index contributed by atoms with van der Waals surface area (Å²) >= 11 is 5.92. The van der Waals surface area contributed by atoms with Crippen LogP contribution in [0.3, 0.4) is 0 Å². The SMILES string of the molecule is CCOc1cc(C=NNC(=O)c2cccc(C)c2)ccc1OCc1ccc(Cl)cc1. The smallest absolute Gasteiger partial charge is 0.271 e. The van der Waals surface area contributed by atoms with E-state index in [2.05, 4.69) is 10.5 Å². The van der Waals surface area contributed by atoms with Crippen LogP contribution in [0.5, 0.6) is 11.5 Å². The third kappa shape index (κ3) is 6.09. The number of hydrogen-bond donors (Lipinski definition) is 1. The number of nitrogens with zero attached hydrogens (tertiary/aromatic N) is 1. The number of rotatable bonds is 8. The van der Waals surface area contributed by atoms with Crippen molar-refractivity contribution in [1.29, 1.82) is 0 Å². The number of hydrazone groups is 1. The van der Waals surface area contributed by atoms with E-state index in [1.54, 1.807) is 12.3 Å². The molecule has 0 heterocycles. The van der Waals surface area contributed by atoms with Crippen LogP contribution in [0.1, 0.15) is 34.0 Å². The molecule has 0 unspecified atom stereocenters. The number of nitrogens with one attached hydrogen (secondary N) is 1. The predicted octanol–water partition coefficient (Wildman–Crippen LogP) is 5.39. The molecular formula is C24H23ClN2O3. The molecule has 1 amide bonds. The fourth-order valence-electron chi connectivity index (χ4n) is 2.75. The Balaban J connectivity index is 1.65. The van der Waals surface area contributed by atoms with Crippen molar-refractivity contribution in [3.8, 4) is 11.5 Å². The lowest BCUT2D eigenvalue weighted by molar-refractivity contribution is 0.0955. The van der Waals surface area contributed by atoms with E-state index in [9.17, 15) is 4.79 Å². The number of amides is 1. The fraction of sp³-hybridized carbons (Fsp3) is 0.167. The van der Waals surface area contributed by atoms with E-state index >= 15 is 0 Å². The van der Waals surface area contributed by atoms with Gasteiger partial charge in [0.2, 0.25) is 0 Å². The number of ether oxygens (including phenoxy) is 2. The van der Waals surface area contributed by atoms with E-state index in [0.29, 0.717) is 35.3 Å². The van der Waals surface area contributed by atoms with E-state index in [1.807, 2.05) is 74.5 Å². The molecule has 0 spiro atoms. The second-order valence-electron chi connectivity index (χ2n) is 6.62. The third-order valence-electron chi connectivity index (χ3n) is 4.24. The molecule has 3 aromatic rings. The van der Waals surface area contributed by atoms with Gasteiger partial charge in [-0.2, -0.15) is 5.10 Å². The van der Waals surface area contributed by atoms with Crippen LogP contribution in [0, 0.1) is 6.92 Å². The van der Waals surface area contributed by atoms with E-state index in [1.165, 1.54) is 0 Å². The van der Waals surface area contributed by atoms with Crippen LogP contribution in [0.4, 0.5) is 0 Å². The molecule has 0 radical (unpaired) electrons. The quantitative estimate of drug-likeness (QED) is 0.391. The molecule has 0 saturated carbocycles. The lowest BCUT2D eigenvalue weighted by atomic mass is 10.1. The van der Waals surface area contributed by atoms with E-state index < -0.39 is 0 Å². The van der Waals surface area contributed by atoms with Crippen LogP contribution in [0.25, 0.3) is 0 Å². The van der Waals surface area contributed by atoms with Crippen molar-refractivity contribution < 1.29 is 14.3 Å². The van der Waals surface area contributed by atoms with Gasteiger partial charge in [-0.3, -0.25) is 4.79 Å². The van der Waals surface area contributed by atoms with Crippen molar-refractivity contribution in [3.05, 3.63) is 94.0 Å². The van der Waals surface area contributed by atoms with E-state index in [4.69, 9.17) is 21.1 Å². The predicted molar refractivity (Wildman–Crippen MR) is 120 cm³/mol. The van der Waals surface area contributed by atoms with Crippen molar-refractivity contribution in [1.82, 2.24) is 5.43 Å². The Bertz CT molecular complexity index is 1030. The van der Waals surface area contributed by atoms with Crippen LogP contribution < -0.4 is 14.9 Å². The number of halogens is 1. The second-order valence-corrected chi connectivity index (χ2v) is 7.06. The molecule has 0 aliphatic heterocycles. The molecule has 5 nitrogen and oxygen atoms in total. The van der Waals surface area contributed by atoms with Gasteiger partial charge in [-0.15, -0.1) is 0 Å². The molecule has 0 fully saturated rings. The van der Waals surface area contributed by atoms with Gasteiger partial charge in [0.25, 0.3) is 5.91 Å². The number of carbonyl (C=O) groups is 1. The van der Waals surface area contributed by atoms with Crippen molar-refractivity contribution >= 4 is 23.7 Å². The molecular weight excluding hydrogens is 400 g/mol. The van der Waals surface area contributed by atoms with Gasteiger partial charge >= 0.3 is 0 Å². The number of aryl methyl sites for hydroxylation is 1.